The summed E-state index contributed by atoms with van der Waals surface area (Å²) in [6.45, 7) is -0.264. The number of halogens is 5. The lowest BCUT2D eigenvalue weighted by Crippen LogP contribution is -2.41. The number of benzene rings is 2. The maximum absolute atomic E-state index is 14.8. The highest BCUT2D eigenvalue weighted by Gasteiger charge is 2.36. The van der Waals surface area contributed by atoms with Crippen molar-refractivity contribution in [2.45, 2.75) is 13.0 Å². The minimum absolute atomic E-state index is 0.0526. The summed E-state index contributed by atoms with van der Waals surface area (Å²) in [5, 5.41) is 21.6. The molecule has 0 saturated heterocycles. The molecule has 0 saturated carbocycles. The molecular formula is C24H24ClF4N3O6. The van der Waals surface area contributed by atoms with Crippen LogP contribution in [0.4, 0.5) is 17.6 Å². The molecule has 0 amide bonds. The van der Waals surface area contributed by atoms with E-state index in [1.165, 1.54) is 6.07 Å². The van der Waals surface area contributed by atoms with Gasteiger partial charge in [-0.15, -0.1) is 0 Å². The Morgan fingerprint density at radius 3 is 2.24 bits per heavy atom. The number of esters is 1. The van der Waals surface area contributed by atoms with Crippen molar-refractivity contribution in [3.05, 3.63) is 81.0 Å². The number of aliphatic imine (C=N–C) groups is 1. The van der Waals surface area contributed by atoms with Crippen molar-refractivity contribution in [3.8, 4) is 0 Å². The van der Waals surface area contributed by atoms with Gasteiger partial charge in [0.25, 0.3) is 0 Å². The number of hydrogen-bond acceptors (Lipinski definition) is 9. The molecular weight excluding hydrogens is 538 g/mol. The number of carbonyl (C=O) groups excluding carboxylic acids is 1. The molecule has 2 aromatic rings. The summed E-state index contributed by atoms with van der Waals surface area (Å²) in [6, 6.07) is 2.81. The van der Waals surface area contributed by atoms with Crippen molar-refractivity contribution < 1.29 is 47.0 Å². The first-order chi connectivity index (χ1) is 18.2. The minimum Gasteiger partial charge on any atom is -0.463 e. The predicted molar refractivity (Wildman–Crippen MR) is 127 cm³/mol. The summed E-state index contributed by atoms with van der Waals surface area (Å²) in [6.07, 6.45) is 0. The quantitative estimate of drug-likeness (QED) is 0.206. The fourth-order valence-corrected chi connectivity index (χ4v) is 3.83. The van der Waals surface area contributed by atoms with Crippen LogP contribution in [0, 0.1) is 23.3 Å². The number of hydroxylamine groups is 2. The monoisotopic (exact) mass is 561 g/mol. The van der Waals surface area contributed by atoms with Gasteiger partial charge >= 0.3 is 5.97 Å². The topological polar surface area (TPSA) is 113 Å². The molecule has 1 aliphatic rings. The molecule has 9 nitrogen and oxygen atoms in total. The van der Waals surface area contributed by atoms with Crippen LogP contribution in [0.15, 0.2) is 46.6 Å². The van der Waals surface area contributed by atoms with Crippen molar-refractivity contribution in [1.29, 1.82) is 0 Å². The summed E-state index contributed by atoms with van der Waals surface area (Å²) in [5.74, 6) is -5.77. The maximum atomic E-state index is 14.8. The van der Waals surface area contributed by atoms with Gasteiger partial charge in [0, 0.05) is 28.4 Å². The molecule has 14 heteroatoms. The summed E-state index contributed by atoms with van der Waals surface area (Å²) < 4.78 is 62.1. The van der Waals surface area contributed by atoms with Gasteiger partial charge in [-0.25, -0.2) is 22.4 Å². The van der Waals surface area contributed by atoms with E-state index in [1.54, 1.807) is 6.92 Å². The number of amidine groups is 1. The number of ether oxygens (including phenoxy) is 1. The third-order valence-corrected chi connectivity index (χ3v) is 5.39. The van der Waals surface area contributed by atoms with E-state index in [1.807, 2.05) is 0 Å². The Balaban J connectivity index is 2.22. The predicted octanol–water partition coefficient (Wildman–Crippen LogP) is 2.95. The Labute approximate surface area is 219 Å². The molecule has 2 aromatic carbocycles. The molecule has 206 valence electrons. The van der Waals surface area contributed by atoms with E-state index < -0.39 is 66.4 Å². The fraction of sp³-hybridized carbons (Fsp3) is 0.333. The molecule has 0 bridgehead atoms. The standard InChI is InChI=1S/C24H24ClF4N3O6/c1-2-36-24(35)21-19(12-32(37-7-5-33)38-8-6-34)30-23(20-17(28)10-14(27)11-18(20)29)31-22(21)15-4-3-13(26)9-16(15)25/h3-4,9-11,22,33-34H,2,5-8,12H2,1H3,(H,30,31). The van der Waals surface area contributed by atoms with Crippen LogP contribution in [0.2, 0.25) is 5.02 Å². The van der Waals surface area contributed by atoms with Gasteiger partial charge in [0.05, 0.1) is 50.7 Å². The van der Waals surface area contributed by atoms with Crippen LogP contribution in [-0.4, -0.2) is 66.8 Å². The zero-order valence-corrected chi connectivity index (χ0v) is 20.8. The van der Waals surface area contributed by atoms with Gasteiger partial charge in [0.2, 0.25) is 0 Å². The Hall–Kier alpha value is -3.07. The van der Waals surface area contributed by atoms with Gasteiger partial charge in [-0.05, 0) is 19.1 Å². The SMILES string of the molecule is CCOC(=O)C1=C(CN(OCCO)OCCO)NC(c2c(F)cc(F)cc2F)=NC1c1ccc(F)cc1Cl. The van der Waals surface area contributed by atoms with E-state index in [4.69, 9.17) is 36.2 Å². The van der Waals surface area contributed by atoms with Gasteiger partial charge < -0.3 is 20.3 Å². The number of hydrogen-bond donors (Lipinski definition) is 3. The minimum atomic E-state index is -1.37. The molecule has 3 N–H and O–H groups in total. The first kappa shape index (κ1) is 29.5. The Morgan fingerprint density at radius 1 is 1.05 bits per heavy atom. The van der Waals surface area contributed by atoms with E-state index in [-0.39, 0.29) is 41.7 Å². The van der Waals surface area contributed by atoms with Crippen molar-refractivity contribution >= 4 is 23.4 Å². The third kappa shape index (κ3) is 7.07. The van der Waals surface area contributed by atoms with E-state index in [2.05, 4.69) is 10.3 Å². The highest BCUT2D eigenvalue weighted by molar-refractivity contribution is 6.31. The summed E-state index contributed by atoms with van der Waals surface area (Å²) >= 11 is 6.26. The van der Waals surface area contributed by atoms with Crippen molar-refractivity contribution in [2.24, 2.45) is 4.99 Å². The van der Waals surface area contributed by atoms with Crippen molar-refractivity contribution in [1.82, 2.24) is 10.5 Å². The van der Waals surface area contributed by atoms with E-state index >= 15 is 0 Å². The maximum Gasteiger partial charge on any atom is 0.338 e. The number of rotatable bonds is 12. The molecule has 1 heterocycles. The summed E-state index contributed by atoms with van der Waals surface area (Å²) in [4.78, 5) is 28.0. The summed E-state index contributed by atoms with van der Waals surface area (Å²) in [7, 11) is 0. The Bertz CT molecular complexity index is 1200. The average molecular weight is 562 g/mol. The van der Waals surface area contributed by atoms with Crippen LogP contribution in [0.5, 0.6) is 0 Å². The van der Waals surface area contributed by atoms with Crippen LogP contribution in [0.25, 0.3) is 0 Å². The van der Waals surface area contributed by atoms with Crippen LogP contribution < -0.4 is 5.32 Å². The van der Waals surface area contributed by atoms with Crippen LogP contribution in [0.3, 0.4) is 0 Å². The van der Waals surface area contributed by atoms with Crippen molar-refractivity contribution in [2.75, 3.05) is 39.6 Å². The van der Waals surface area contributed by atoms with Gasteiger partial charge in [0.15, 0.2) is 0 Å². The fourth-order valence-electron chi connectivity index (χ4n) is 3.56. The van der Waals surface area contributed by atoms with E-state index in [0.717, 1.165) is 17.4 Å². The smallest absolute Gasteiger partial charge is 0.338 e. The molecule has 38 heavy (non-hydrogen) atoms. The second-order valence-corrected chi connectivity index (χ2v) is 8.04. The summed E-state index contributed by atoms with van der Waals surface area (Å²) in [5.41, 5.74) is -0.918. The van der Waals surface area contributed by atoms with E-state index in [9.17, 15) is 22.4 Å². The average Bonchev–Trinajstić information content (AvgIpc) is 2.85. The second kappa shape index (κ2) is 13.6. The van der Waals surface area contributed by atoms with Gasteiger partial charge in [0.1, 0.15) is 35.1 Å². The van der Waals surface area contributed by atoms with Crippen molar-refractivity contribution in [3.63, 3.8) is 0 Å². The second-order valence-electron chi connectivity index (χ2n) is 7.63. The Morgan fingerprint density at radius 2 is 1.68 bits per heavy atom. The van der Waals surface area contributed by atoms with Gasteiger partial charge in [-0.1, -0.05) is 22.9 Å². The lowest BCUT2D eigenvalue weighted by atomic mass is 9.94. The number of aliphatic hydroxyl groups is 2. The number of nitrogens with one attached hydrogen (secondary N) is 1. The molecule has 0 radical (unpaired) electrons. The lowest BCUT2D eigenvalue weighted by molar-refractivity contribution is -0.367. The number of carbonyl (C=O) groups is 1. The number of aliphatic hydroxyl groups excluding tert-OH is 2. The molecule has 1 unspecified atom stereocenters. The highest BCUT2D eigenvalue weighted by atomic mass is 35.5. The first-order valence-electron chi connectivity index (χ1n) is 11.3. The zero-order valence-electron chi connectivity index (χ0n) is 20.0. The van der Waals surface area contributed by atoms with Gasteiger partial charge in [-0.3, -0.25) is 14.7 Å². The molecule has 0 fully saturated rings. The molecule has 1 atom stereocenters. The van der Waals surface area contributed by atoms with Crippen LogP contribution >= 0.6 is 11.6 Å². The first-order valence-corrected chi connectivity index (χ1v) is 11.7. The lowest BCUT2D eigenvalue weighted by Gasteiger charge is -2.30. The molecule has 0 aliphatic carbocycles. The van der Waals surface area contributed by atoms with Crippen LogP contribution in [-0.2, 0) is 19.2 Å². The third-order valence-electron chi connectivity index (χ3n) is 5.06. The molecule has 0 spiro atoms. The van der Waals surface area contributed by atoms with Gasteiger partial charge in [-0.2, -0.15) is 0 Å². The largest absolute Gasteiger partial charge is 0.463 e. The molecule has 1 aliphatic heterocycles. The normalized spacial score (nSPS) is 15.5. The molecule has 0 aromatic heterocycles. The highest BCUT2D eigenvalue weighted by Crippen LogP contribution is 2.37. The Kier molecular flexibility index (Phi) is 10.6. The molecule has 3 rings (SSSR count). The van der Waals surface area contributed by atoms with E-state index in [0.29, 0.717) is 12.1 Å². The zero-order chi connectivity index (χ0) is 27.8. The number of nitrogens with zero attached hydrogens (tertiary/aromatic N) is 2. The van der Waals surface area contributed by atoms with Crippen LogP contribution in [0.1, 0.15) is 24.1 Å².